The van der Waals surface area contributed by atoms with E-state index in [0.717, 1.165) is 16.9 Å². The minimum absolute atomic E-state index is 0.00865. The van der Waals surface area contributed by atoms with Gasteiger partial charge < -0.3 is 10.1 Å². The lowest BCUT2D eigenvalue weighted by Crippen LogP contribution is -2.32. The number of carbonyl (C=O) groups excluding carboxylic acids is 1. The predicted molar refractivity (Wildman–Crippen MR) is 106 cm³/mol. The number of nitrogens with one attached hydrogen (secondary N) is 2. The molecule has 2 aromatic rings. The molecule has 0 heterocycles. The molecule has 0 spiro atoms. The molecular formula is C19H23ClN2O4S. The van der Waals surface area contributed by atoms with E-state index in [0.29, 0.717) is 18.2 Å². The number of amides is 1. The molecule has 0 aromatic heterocycles. The molecule has 0 saturated carbocycles. The van der Waals surface area contributed by atoms with Crippen molar-refractivity contribution in [3.8, 4) is 5.75 Å². The van der Waals surface area contributed by atoms with Crippen molar-refractivity contribution in [2.45, 2.75) is 25.2 Å². The van der Waals surface area contributed by atoms with Gasteiger partial charge in [-0.2, -0.15) is 0 Å². The standard InChI is InChI=1S/C19H23ClN2O4S/c1-14-3-8-18(15(2)13-14)26-12-11-21-19(23)9-10-22-27(24,25)17-6-4-16(20)5-7-17/h3-8,13,22H,9-12H2,1-2H3,(H,21,23). The van der Waals surface area contributed by atoms with E-state index < -0.39 is 10.0 Å². The van der Waals surface area contributed by atoms with Crippen molar-refractivity contribution in [1.82, 2.24) is 10.0 Å². The van der Waals surface area contributed by atoms with Crippen molar-refractivity contribution in [3.63, 3.8) is 0 Å². The third-order valence-corrected chi connectivity index (χ3v) is 5.51. The van der Waals surface area contributed by atoms with Crippen LogP contribution in [-0.2, 0) is 14.8 Å². The van der Waals surface area contributed by atoms with Crippen LogP contribution in [0.1, 0.15) is 17.5 Å². The number of hydrogen-bond donors (Lipinski definition) is 2. The summed E-state index contributed by atoms with van der Waals surface area (Å²) in [6.45, 7) is 4.67. The lowest BCUT2D eigenvalue weighted by atomic mass is 10.1. The van der Waals surface area contributed by atoms with Gasteiger partial charge in [0.05, 0.1) is 11.4 Å². The highest BCUT2D eigenvalue weighted by atomic mass is 35.5. The van der Waals surface area contributed by atoms with E-state index in [1.54, 1.807) is 0 Å². The van der Waals surface area contributed by atoms with Crippen LogP contribution in [0.5, 0.6) is 5.75 Å². The van der Waals surface area contributed by atoms with E-state index in [4.69, 9.17) is 16.3 Å². The fraction of sp³-hybridized carbons (Fsp3) is 0.316. The molecule has 0 fully saturated rings. The molecule has 0 radical (unpaired) electrons. The Labute approximate surface area is 164 Å². The van der Waals surface area contributed by atoms with E-state index in [9.17, 15) is 13.2 Å². The lowest BCUT2D eigenvalue weighted by molar-refractivity contribution is -0.121. The van der Waals surface area contributed by atoms with Crippen molar-refractivity contribution in [2.24, 2.45) is 0 Å². The van der Waals surface area contributed by atoms with Crippen LogP contribution in [0.2, 0.25) is 5.02 Å². The maximum atomic E-state index is 12.1. The lowest BCUT2D eigenvalue weighted by Gasteiger charge is -2.11. The number of sulfonamides is 1. The fourth-order valence-corrected chi connectivity index (χ4v) is 3.55. The summed E-state index contributed by atoms with van der Waals surface area (Å²) in [4.78, 5) is 11.9. The second-order valence-corrected chi connectivity index (χ2v) is 8.27. The molecule has 0 saturated heterocycles. The SMILES string of the molecule is Cc1ccc(OCCNC(=O)CCNS(=O)(=O)c2ccc(Cl)cc2)c(C)c1. The highest BCUT2D eigenvalue weighted by Gasteiger charge is 2.13. The van der Waals surface area contributed by atoms with E-state index in [1.807, 2.05) is 32.0 Å². The molecule has 27 heavy (non-hydrogen) atoms. The largest absolute Gasteiger partial charge is 0.491 e. The molecule has 1 amide bonds. The van der Waals surface area contributed by atoms with Crippen LogP contribution in [0.4, 0.5) is 0 Å². The first-order valence-electron chi connectivity index (χ1n) is 8.50. The summed E-state index contributed by atoms with van der Waals surface area (Å²) in [7, 11) is -3.66. The number of aryl methyl sites for hydroxylation is 2. The predicted octanol–water partition coefficient (Wildman–Crippen LogP) is 2.82. The van der Waals surface area contributed by atoms with Crippen LogP contribution in [0.25, 0.3) is 0 Å². The molecule has 2 aromatic carbocycles. The fourth-order valence-electron chi connectivity index (χ4n) is 2.40. The average Bonchev–Trinajstić information content (AvgIpc) is 2.60. The first-order valence-corrected chi connectivity index (χ1v) is 10.4. The Morgan fingerprint density at radius 1 is 1.07 bits per heavy atom. The maximum absolute atomic E-state index is 12.1. The van der Waals surface area contributed by atoms with E-state index in [2.05, 4.69) is 10.0 Å². The van der Waals surface area contributed by atoms with Gasteiger partial charge in [0.1, 0.15) is 12.4 Å². The van der Waals surface area contributed by atoms with Gasteiger partial charge in [0, 0.05) is 18.0 Å². The molecule has 0 aliphatic carbocycles. The van der Waals surface area contributed by atoms with Crippen molar-refractivity contribution >= 4 is 27.5 Å². The summed E-state index contributed by atoms with van der Waals surface area (Å²) in [5, 5.41) is 3.16. The number of ether oxygens (including phenoxy) is 1. The zero-order chi connectivity index (χ0) is 19.9. The summed E-state index contributed by atoms with van der Waals surface area (Å²) < 4.78 is 32.2. The van der Waals surface area contributed by atoms with Gasteiger partial charge >= 0.3 is 0 Å². The molecule has 2 rings (SSSR count). The summed E-state index contributed by atoms with van der Waals surface area (Å²) >= 11 is 5.74. The summed E-state index contributed by atoms with van der Waals surface area (Å²) in [5.41, 5.74) is 2.20. The molecule has 0 aliphatic heterocycles. The Morgan fingerprint density at radius 2 is 1.78 bits per heavy atom. The third kappa shape index (κ3) is 6.86. The Balaban J connectivity index is 1.68. The molecule has 0 atom stereocenters. The molecule has 0 unspecified atom stereocenters. The molecular weight excluding hydrogens is 388 g/mol. The summed E-state index contributed by atoms with van der Waals surface area (Å²) in [5.74, 6) is 0.531. The Bertz CT molecular complexity index is 883. The zero-order valence-electron chi connectivity index (χ0n) is 15.3. The number of carbonyl (C=O) groups is 1. The molecule has 146 valence electrons. The van der Waals surface area contributed by atoms with E-state index >= 15 is 0 Å². The van der Waals surface area contributed by atoms with Gasteiger partial charge in [-0.1, -0.05) is 29.3 Å². The molecule has 6 nitrogen and oxygen atoms in total. The first kappa shape index (κ1) is 21.2. The van der Waals surface area contributed by atoms with Crippen LogP contribution in [-0.4, -0.2) is 34.0 Å². The molecule has 0 bridgehead atoms. The van der Waals surface area contributed by atoms with Gasteiger partial charge in [0.2, 0.25) is 15.9 Å². The number of rotatable bonds is 9. The van der Waals surface area contributed by atoms with Gasteiger partial charge in [-0.15, -0.1) is 0 Å². The van der Waals surface area contributed by atoms with Crippen molar-refractivity contribution in [1.29, 1.82) is 0 Å². The van der Waals surface area contributed by atoms with Gasteiger partial charge in [-0.3, -0.25) is 4.79 Å². The quantitative estimate of drug-likeness (QED) is 0.622. The van der Waals surface area contributed by atoms with E-state index in [1.165, 1.54) is 24.3 Å². The maximum Gasteiger partial charge on any atom is 0.240 e. The van der Waals surface area contributed by atoms with Crippen molar-refractivity contribution in [2.75, 3.05) is 19.7 Å². The van der Waals surface area contributed by atoms with Gasteiger partial charge in [-0.05, 0) is 49.7 Å². The van der Waals surface area contributed by atoms with Crippen LogP contribution < -0.4 is 14.8 Å². The normalized spacial score (nSPS) is 11.2. The second-order valence-electron chi connectivity index (χ2n) is 6.07. The molecule has 0 aliphatic rings. The average molecular weight is 411 g/mol. The van der Waals surface area contributed by atoms with Crippen LogP contribution in [0, 0.1) is 13.8 Å². The van der Waals surface area contributed by atoms with Crippen molar-refractivity contribution < 1.29 is 17.9 Å². The zero-order valence-corrected chi connectivity index (χ0v) is 16.9. The first-order chi connectivity index (χ1) is 12.8. The van der Waals surface area contributed by atoms with Crippen LogP contribution in [0.3, 0.4) is 0 Å². The molecule has 8 heteroatoms. The van der Waals surface area contributed by atoms with Gasteiger partial charge in [-0.25, -0.2) is 13.1 Å². The van der Waals surface area contributed by atoms with Crippen molar-refractivity contribution in [3.05, 3.63) is 58.6 Å². The Morgan fingerprint density at radius 3 is 2.44 bits per heavy atom. The van der Waals surface area contributed by atoms with Gasteiger partial charge in [0.25, 0.3) is 0 Å². The smallest absolute Gasteiger partial charge is 0.240 e. The number of benzene rings is 2. The minimum Gasteiger partial charge on any atom is -0.491 e. The second kappa shape index (κ2) is 9.73. The third-order valence-electron chi connectivity index (χ3n) is 3.78. The van der Waals surface area contributed by atoms with Crippen LogP contribution >= 0.6 is 11.6 Å². The van der Waals surface area contributed by atoms with Crippen LogP contribution in [0.15, 0.2) is 47.4 Å². The van der Waals surface area contributed by atoms with E-state index in [-0.39, 0.29) is 23.8 Å². The highest BCUT2D eigenvalue weighted by molar-refractivity contribution is 7.89. The Hall–Kier alpha value is -2.09. The highest BCUT2D eigenvalue weighted by Crippen LogP contribution is 2.18. The van der Waals surface area contributed by atoms with Gasteiger partial charge in [0.15, 0.2) is 0 Å². The minimum atomic E-state index is -3.66. The summed E-state index contributed by atoms with van der Waals surface area (Å²) in [6.07, 6.45) is 0.0381. The topological polar surface area (TPSA) is 84.5 Å². The number of halogens is 1. The molecule has 2 N–H and O–H groups in total. The summed E-state index contributed by atoms with van der Waals surface area (Å²) in [6, 6.07) is 11.7. The number of hydrogen-bond acceptors (Lipinski definition) is 4. The monoisotopic (exact) mass is 410 g/mol. The Kier molecular flexibility index (Phi) is 7.65.